The van der Waals surface area contributed by atoms with E-state index >= 15 is 0 Å². The van der Waals surface area contributed by atoms with Gasteiger partial charge in [-0.25, -0.2) is 4.98 Å². The van der Waals surface area contributed by atoms with Gasteiger partial charge >= 0.3 is 5.97 Å². The van der Waals surface area contributed by atoms with Gasteiger partial charge in [-0.1, -0.05) is 13.8 Å². The molecule has 3 saturated carbocycles. The maximum absolute atomic E-state index is 12.7. The number of carbonyl (C=O) groups excluding carboxylic acids is 2. The summed E-state index contributed by atoms with van der Waals surface area (Å²) in [6.07, 6.45) is 9.29. The number of carbonyl (C=O) groups is 2. The molecule has 3 aliphatic carbocycles. The Kier molecular flexibility index (Phi) is 5.77. The van der Waals surface area contributed by atoms with Crippen molar-refractivity contribution >= 4 is 11.8 Å². The first-order chi connectivity index (χ1) is 14.2. The van der Waals surface area contributed by atoms with Crippen molar-refractivity contribution in [1.29, 1.82) is 0 Å². The average molecular weight is 418 g/mol. The predicted octanol–water partition coefficient (Wildman–Crippen LogP) is 3.16. The third kappa shape index (κ3) is 3.70. The zero-order chi connectivity index (χ0) is 21.5. The van der Waals surface area contributed by atoms with Gasteiger partial charge in [0.2, 0.25) is 0 Å². The molecule has 1 N–H and O–H groups in total. The molecule has 4 rings (SSSR count). The largest absolute Gasteiger partial charge is 0.462 e. The molecule has 1 heterocycles. The van der Waals surface area contributed by atoms with E-state index in [0.717, 1.165) is 51.5 Å². The van der Waals surface area contributed by atoms with Crippen LogP contribution in [0.15, 0.2) is 12.7 Å². The van der Waals surface area contributed by atoms with Gasteiger partial charge in [0.25, 0.3) is 0 Å². The van der Waals surface area contributed by atoms with Gasteiger partial charge in [0.1, 0.15) is 24.5 Å². The van der Waals surface area contributed by atoms with E-state index in [1.807, 2.05) is 4.68 Å². The molecule has 7 atom stereocenters. The second-order valence-corrected chi connectivity index (χ2v) is 10.3. The molecule has 166 valence electrons. The summed E-state index contributed by atoms with van der Waals surface area (Å²) in [7, 11) is 0. The molecule has 0 spiro atoms. The van der Waals surface area contributed by atoms with Crippen molar-refractivity contribution in [2.45, 2.75) is 90.9 Å². The Labute approximate surface area is 178 Å². The van der Waals surface area contributed by atoms with E-state index in [1.165, 1.54) is 6.92 Å². The number of aryl methyl sites for hydroxylation is 1. The summed E-state index contributed by atoms with van der Waals surface area (Å²) in [5.74, 6) is 0.683. The van der Waals surface area contributed by atoms with Crippen LogP contribution in [0, 0.1) is 28.6 Å². The molecule has 1 aromatic heterocycles. The first-order valence-corrected chi connectivity index (χ1v) is 11.4. The minimum atomic E-state index is -0.364. The fraction of sp³-hybridized carbons (Fsp3) is 0.826. The van der Waals surface area contributed by atoms with Crippen molar-refractivity contribution in [3.63, 3.8) is 0 Å². The predicted molar refractivity (Wildman–Crippen MR) is 110 cm³/mol. The van der Waals surface area contributed by atoms with Crippen LogP contribution in [-0.2, 0) is 20.9 Å². The van der Waals surface area contributed by atoms with E-state index in [2.05, 4.69) is 23.9 Å². The smallest absolute Gasteiger partial charge is 0.302 e. The minimum absolute atomic E-state index is 0.0487. The highest BCUT2D eigenvalue weighted by atomic mass is 16.5. The summed E-state index contributed by atoms with van der Waals surface area (Å²) in [6, 6.07) is 0. The third-order valence-corrected chi connectivity index (χ3v) is 8.73. The van der Waals surface area contributed by atoms with Crippen molar-refractivity contribution < 1.29 is 19.4 Å². The molecule has 0 unspecified atom stereocenters. The number of nitrogens with zero attached hydrogens (tertiary/aromatic N) is 3. The molecule has 0 radical (unpaired) electrons. The van der Waals surface area contributed by atoms with Gasteiger partial charge in [0, 0.05) is 37.1 Å². The molecule has 30 heavy (non-hydrogen) atoms. The number of fused-ring (bicyclic) bond motifs is 1. The van der Waals surface area contributed by atoms with Crippen LogP contribution in [-0.4, -0.2) is 43.8 Å². The number of aliphatic hydroxyl groups excluding tert-OH is 1. The number of rotatable bonds is 5. The van der Waals surface area contributed by atoms with Crippen LogP contribution in [0.25, 0.3) is 0 Å². The summed E-state index contributed by atoms with van der Waals surface area (Å²) in [5.41, 5.74) is -0.412. The van der Waals surface area contributed by atoms with E-state index < -0.39 is 0 Å². The monoisotopic (exact) mass is 417 g/mol. The Hall–Kier alpha value is -1.76. The van der Waals surface area contributed by atoms with Crippen LogP contribution in [0.4, 0.5) is 0 Å². The Morgan fingerprint density at radius 1 is 1.27 bits per heavy atom. The van der Waals surface area contributed by atoms with Crippen molar-refractivity contribution in [3.05, 3.63) is 12.7 Å². The second kappa shape index (κ2) is 8.06. The number of hydrogen-bond acceptors (Lipinski definition) is 6. The molecule has 7 heteroatoms. The lowest BCUT2D eigenvalue weighted by atomic mass is 9.51. The van der Waals surface area contributed by atoms with Crippen LogP contribution in [0.3, 0.4) is 0 Å². The number of aliphatic hydroxyl groups is 1. The molecule has 1 aromatic rings. The first kappa shape index (κ1) is 21.5. The SMILES string of the molecule is CC(=O)O[C@@H]1[C@@H]([C@@]2(C)CC[C@H](O)C[C@@H]2CCn2cncn2)CC[C@]2(C)C(=O)CC[C@@H]12. The maximum atomic E-state index is 12.7. The van der Waals surface area contributed by atoms with Gasteiger partial charge in [-0.2, -0.15) is 5.10 Å². The van der Waals surface area contributed by atoms with Crippen molar-refractivity contribution in [2.75, 3.05) is 0 Å². The van der Waals surface area contributed by atoms with Gasteiger partial charge in [-0.15, -0.1) is 0 Å². The van der Waals surface area contributed by atoms with Crippen molar-refractivity contribution in [1.82, 2.24) is 14.8 Å². The Balaban J connectivity index is 1.61. The molecular formula is C23H35N3O4. The molecule has 0 aliphatic heterocycles. The number of Topliss-reactive ketones (excluding diaryl/α,β-unsaturated/α-hetero) is 1. The number of ether oxygens (including phenoxy) is 1. The zero-order valence-corrected chi connectivity index (χ0v) is 18.4. The zero-order valence-electron chi connectivity index (χ0n) is 18.4. The Bertz CT molecular complexity index is 781. The fourth-order valence-electron chi connectivity index (χ4n) is 6.88. The van der Waals surface area contributed by atoms with Crippen molar-refractivity contribution in [3.8, 4) is 0 Å². The third-order valence-electron chi connectivity index (χ3n) is 8.73. The van der Waals surface area contributed by atoms with E-state index in [1.54, 1.807) is 12.7 Å². The van der Waals surface area contributed by atoms with Crippen LogP contribution in [0.5, 0.6) is 0 Å². The second-order valence-electron chi connectivity index (χ2n) is 10.3. The van der Waals surface area contributed by atoms with E-state index in [9.17, 15) is 14.7 Å². The molecule has 7 nitrogen and oxygen atoms in total. The lowest BCUT2D eigenvalue weighted by molar-refractivity contribution is -0.177. The van der Waals surface area contributed by atoms with Crippen LogP contribution in [0.2, 0.25) is 0 Å². The number of hydrogen-bond donors (Lipinski definition) is 1. The van der Waals surface area contributed by atoms with Crippen LogP contribution >= 0.6 is 0 Å². The molecule has 0 saturated heterocycles. The molecule has 3 aliphatic rings. The topological polar surface area (TPSA) is 94.3 Å². The van der Waals surface area contributed by atoms with Crippen LogP contribution in [0.1, 0.15) is 72.1 Å². The van der Waals surface area contributed by atoms with Gasteiger partial charge in [-0.05, 0) is 56.3 Å². The molecule has 3 fully saturated rings. The number of ketones is 1. The summed E-state index contributed by atoms with van der Waals surface area (Å²) < 4.78 is 7.84. The normalized spacial score (nSPS) is 41.5. The lowest BCUT2D eigenvalue weighted by Crippen LogP contribution is -2.54. The quantitative estimate of drug-likeness (QED) is 0.740. The maximum Gasteiger partial charge on any atom is 0.302 e. The standard InChI is InChI=1S/C23H35N3O4/c1-15(27)30-21-18-4-5-20(29)23(18,3)10-7-19(21)22(2)9-6-17(28)12-16(22)8-11-26-14-24-13-25-26/h13-14,16-19,21,28H,4-12H2,1-3H3/t16-,17-,18-,19-,21-,22-,23-/m0/s1. The van der Waals surface area contributed by atoms with E-state index in [0.29, 0.717) is 18.1 Å². The summed E-state index contributed by atoms with van der Waals surface area (Å²) >= 11 is 0. The van der Waals surface area contributed by atoms with Gasteiger partial charge in [0.15, 0.2) is 0 Å². The molecular weight excluding hydrogens is 382 g/mol. The van der Waals surface area contributed by atoms with Gasteiger partial charge in [-0.3, -0.25) is 14.3 Å². The van der Waals surface area contributed by atoms with Gasteiger partial charge in [0.05, 0.1) is 6.10 Å². The number of esters is 1. The molecule has 0 amide bonds. The van der Waals surface area contributed by atoms with Gasteiger partial charge < -0.3 is 9.84 Å². The summed E-state index contributed by atoms with van der Waals surface area (Å²) in [4.78, 5) is 28.8. The minimum Gasteiger partial charge on any atom is -0.462 e. The van der Waals surface area contributed by atoms with E-state index in [-0.39, 0.29) is 40.8 Å². The highest BCUT2D eigenvalue weighted by Gasteiger charge is 2.59. The Morgan fingerprint density at radius 2 is 2.07 bits per heavy atom. The van der Waals surface area contributed by atoms with Crippen LogP contribution < -0.4 is 0 Å². The Morgan fingerprint density at radius 3 is 2.77 bits per heavy atom. The summed E-state index contributed by atoms with van der Waals surface area (Å²) in [6.45, 7) is 6.65. The van der Waals surface area contributed by atoms with E-state index in [4.69, 9.17) is 4.74 Å². The molecule has 0 aromatic carbocycles. The molecule has 0 bridgehead atoms. The van der Waals surface area contributed by atoms with Crippen molar-refractivity contribution in [2.24, 2.45) is 28.6 Å². The average Bonchev–Trinajstić information content (AvgIpc) is 3.31. The first-order valence-electron chi connectivity index (χ1n) is 11.4. The summed E-state index contributed by atoms with van der Waals surface area (Å²) in [5, 5.41) is 14.7. The highest BCUT2D eigenvalue weighted by Crippen LogP contribution is 2.60. The fourth-order valence-corrected chi connectivity index (χ4v) is 6.88. The number of aromatic nitrogens is 3. The lowest BCUT2D eigenvalue weighted by Gasteiger charge is -2.55. The highest BCUT2D eigenvalue weighted by molar-refractivity contribution is 5.87.